The summed E-state index contributed by atoms with van der Waals surface area (Å²) < 4.78 is 25.6. The molecule has 0 spiro atoms. The molecule has 2 atom stereocenters. The summed E-state index contributed by atoms with van der Waals surface area (Å²) in [7, 11) is 1.64. The van der Waals surface area contributed by atoms with Gasteiger partial charge in [0.15, 0.2) is 0 Å². The highest BCUT2D eigenvalue weighted by Gasteiger charge is 2.43. The van der Waals surface area contributed by atoms with E-state index in [0.29, 0.717) is 36.9 Å². The number of aromatic nitrogens is 2. The Balaban J connectivity index is 1.01. The van der Waals surface area contributed by atoms with Gasteiger partial charge >= 0.3 is 0 Å². The Morgan fingerprint density at radius 3 is 2.60 bits per heavy atom. The molecule has 1 amide bonds. The van der Waals surface area contributed by atoms with Crippen LogP contribution >= 0.6 is 0 Å². The van der Waals surface area contributed by atoms with Crippen LogP contribution in [0.15, 0.2) is 30.6 Å². The first kappa shape index (κ1) is 24.0. The maximum Gasteiger partial charge on any atom is 0.227 e. The van der Waals surface area contributed by atoms with Gasteiger partial charge in [-0.05, 0) is 67.6 Å². The van der Waals surface area contributed by atoms with E-state index in [1.165, 1.54) is 25.3 Å². The minimum absolute atomic E-state index is 0.0668. The second kappa shape index (κ2) is 10.5. The highest BCUT2D eigenvalue weighted by molar-refractivity contribution is 5.79. The van der Waals surface area contributed by atoms with Crippen molar-refractivity contribution in [2.75, 3.05) is 44.8 Å². The Bertz CT molecular complexity index is 1020. The molecule has 2 aliphatic heterocycles. The topological polar surface area (TPSA) is 67.8 Å². The zero-order chi connectivity index (χ0) is 24.4. The monoisotopic (exact) mass is 482 g/mol. The molecule has 7 nitrogen and oxygen atoms in total. The molecule has 3 fully saturated rings. The van der Waals surface area contributed by atoms with Gasteiger partial charge in [-0.2, -0.15) is 0 Å². The van der Waals surface area contributed by atoms with Crippen molar-refractivity contribution in [3.8, 4) is 5.75 Å². The number of likely N-dealkylation sites (tertiary alicyclic amines) is 1. The first-order valence-electron chi connectivity index (χ1n) is 12.8. The molecule has 2 aromatic rings. The molecule has 8 heteroatoms. The molecule has 1 aromatic heterocycles. The van der Waals surface area contributed by atoms with Gasteiger partial charge in [0.2, 0.25) is 11.9 Å². The molecule has 0 bridgehead atoms. The number of piperidine rings is 1. The number of halogens is 1. The SMILES string of the molecule is COC1CN(C(=O)Cc2ccc(OCC[C@@H]3C[C@@H]3C3CCN(c4ncc(C)cn4)CC3)cc2F)C1. The zero-order valence-corrected chi connectivity index (χ0v) is 20.7. The van der Waals surface area contributed by atoms with Crippen LogP contribution in [0.4, 0.5) is 10.3 Å². The second-order valence-electron chi connectivity index (χ2n) is 10.3. The molecule has 35 heavy (non-hydrogen) atoms. The van der Waals surface area contributed by atoms with E-state index in [1.807, 2.05) is 19.3 Å². The number of carbonyl (C=O) groups is 1. The average molecular weight is 483 g/mol. The maximum absolute atomic E-state index is 14.5. The third-order valence-electron chi connectivity index (χ3n) is 7.83. The van der Waals surface area contributed by atoms with Crippen molar-refractivity contribution in [2.45, 2.75) is 45.1 Å². The summed E-state index contributed by atoms with van der Waals surface area (Å²) in [5.74, 6) is 3.18. The van der Waals surface area contributed by atoms with Crippen LogP contribution in [0.1, 0.15) is 36.8 Å². The summed E-state index contributed by atoms with van der Waals surface area (Å²) in [5, 5.41) is 0. The first-order valence-corrected chi connectivity index (χ1v) is 12.8. The molecule has 1 saturated carbocycles. The molecular weight excluding hydrogens is 447 g/mol. The summed E-state index contributed by atoms with van der Waals surface area (Å²) in [5.41, 5.74) is 1.50. The molecule has 1 aliphatic carbocycles. The molecule has 3 aliphatic rings. The molecule has 0 N–H and O–H groups in total. The van der Waals surface area contributed by atoms with E-state index < -0.39 is 0 Å². The third kappa shape index (κ3) is 5.74. The summed E-state index contributed by atoms with van der Waals surface area (Å²) in [6.07, 6.45) is 8.59. The van der Waals surface area contributed by atoms with Gasteiger partial charge in [0.25, 0.3) is 0 Å². The van der Waals surface area contributed by atoms with Crippen LogP contribution in [0.3, 0.4) is 0 Å². The number of ether oxygens (including phenoxy) is 2. The van der Waals surface area contributed by atoms with E-state index in [0.717, 1.165) is 42.9 Å². The fourth-order valence-corrected chi connectivity index (χ4v) is 5.41. The highest BCUT2D eigenvalue weighted by Crippen LogP contribution is 2.49. The van der Waals surface area contributed by atoms with E-state index in [9.17, 15) is 9.18 Å². The van der Waals surface area contributed by atoms with Gasteiger partial charge in [0.1, 0.15) is 11.6 Å². The van der Waals surface area contributed by atoms with Gasteiger partial charge in [0.05, 0.1) is 19.1 Å². The quantitative estimate of drug-likeness (QED) is 0.544. The normalized spacial score (nSPS) is 22.7. The van der Waals surface area contributed by atoms with Crippen LogP contribution in [0.5, 0.6) is 5.75 Å². The van der Waals surface area contributed by atoms with E-state index in [2.05, 4.69) is 14.9 Å². The summed E-state index contributed by atoms with van der Waals surface area (Å²) >= 11 is 0. The standard InChI is InChI=1S/C27H35FN4O3/c1-18-14-29-27(30-15-18)31-8-5-19(6-9-31)24-11-20(24)7-10-35-22-4-3-21(25(28)13-22)12-26(33)32-16-23(17-32)34-2/h3-4,13-15,19-20,23-24H,5-12,16-17H2,1-2H3/t20-,24-/m1/s1. The van der Waals surface area contributed by atoms with Crippen molar-refractivity contribution in [3.63, 3.8) is 0 Å². The first-order chi connectivity index (χ1) is 17.0. The van der Waals surface area contributed by atoms with E-state index >= 15 is 0 Å². The van der Waals surface area contributed by atoms with Gasteiger partial charge in [-0.3, -0.25) is 4.79 Å². The minimum atomic E-state index is -0.381. The summed E-state index contributed by atoms with van der Waals surface area (Å²) in [6, 6.07) is 4.85. The van der Waals surface area contributed by atoms with Gasteiger partial charge < -0.3 is 19.3 Å². The predicted molar refractivity (Wildman–Crippen MR) is 131 cm³/mol. The van der Waals surface area contributed by atoms with Crippen LogP contribution in [-0.2, 0) is 16.0 Å². The highest BCUT2D eigenvalue weighted by atomic mass is 19.1. The number of rotatable bonds is 9. The largest absolute Gasteiger partial charge is 0.493 e. The van der Waals surface area contributed by atoms with Gasteiger partial charge in [-0.15, -0.1) is 0 Å². The van der Waals surface area contributed by atoms with Crippen molar-refractivity contribution in [1.29, 1.82) is 0 Å². The average Bonchev–Trinajstić information content (AvgIpc) is 3.60. The number of carbonyl (C=O) groups excluding carboxylic acids is 1. The smallest absolute Gasteiger partial charge is 0.227 e. The Labute approximate surface area is 206 Å². The number of aryl methyl sites for hydroxylation is 1. The summed E-state index contributed by atoms with van der Waals surface area (Å²) in [6.45, 7) is 5.81. The van der Waals surface area contributed by atoms with Crippen molar-refractivity contribution in [2.24, 2.45) is 17.8 Å². The fraction of sp³-hybridized carbons (Fsp3) is 0.593. The Morgan fingerprint density at radius 2 is 1.91 bits per heavy atom. The molecule has 0 unspecified atom stereocenters. The molecule has 0 radical (unpaired) electrons. The van der Waals surface area contributed by atoms with Gasteiger partial charge in [-0.1, -0.05) is 6.07 Å². The Hall–Kier alpha value is -2.74. The van der Waals surface area contributed by atoms with Crippen LogP contribution < -0.4 is 9.64 Å². The molecular formula is C27H35FN4O3. The number of hydrogen-bond donors (Lipinski definition) is 0. The number of amides is 1. The van der Waals surface area contributed by atoms with E-state index in [-0.39, 0.29) is 24.2 Å². The lowest BCUT2D eigenvalue weighted by Crippen LogP contribution is -2.54. The lowest BCUT2D eigenvalue weighted by molar-refractivity contribution is -0.142. The lowest BCUT2D eigenvalue weighted by atomic mass is 9.90. The van der Waals surface area contributed by atoms with Crippen molar-refractivity contribution < 1.29 is 18.7 Å². The molecule has 188 valence electrons. The number of methoxy groups -OCH3 is 1. The molecule has 2 saturated heterocycles. The Morgan fingerprint density at radius 1 is 1.17 bits per heavy atom. The number of nitrogens with zero attached hydrogens (tertiary/aromatic N) is 4. The van der Waals surface area contributed by atoms with E-state index in [1.54, 1.807) is 24.1 Å². The summed E-state index contributed by atoms with van der Waals surface area (Å²) in [4.78, 5) is 25.2. The van der Waals surface area contributed by atoms with Crippen molar-refractivity contribution >= 4 is 11.9 Å². The molecule has 3 heterocycles. The maximum atomic E-state index is 14.5. The van der Waals surface area contributed by atoms with Crippen LogP contribution in [0.25, 0.3) is 0 Å². The fourth-order valence-electron chi connectivity index (χ4n) is 5.41. The van der Waals surface area contributed by atoms with Gasteiger partial charge in [-0.25, -0.2) is 14.4 Å². The van der Waals surface area contributed by atoms with Crippen LogP contribution in [0.2, 0.25) is 0 Å². The third-order valence-corrected chi connectivity index (χ3v) is 7.83. The number of benzene rings is 1. The van der Waals surface area contributed by atoms with Crippen LogP contribution in [0, 0.1) is 30.5 Å². The minimum Gasteiger partial charge on any atom is -0.493 e. The van der Waals surface area contributed by atoms with E-state index in [4.69, 9.17) is 9.47 Å². The van der Waals surface area contributed by atoms with Gasteiger partial charge in [0, 0.05) is 51.7 Å². The second-order valence-corrected chi connectivity index (χ2v) is 10.3. The number of hydrogen-bond acceptors (Lipinski definition) is 6. The Kier molecular flexibility index (Phi) is 7.18. The lowest BCUT2D eigenvalue weighted by Gasteiger charge is -2.38. The zero-order valence-electron chi connectivity index (χ0n) is 20.7. The number of anilines is 1. The van der Waals surface area contributed by atoms with Crippen molar-refractivity contribution in [1.82, 2.24) is 14.9 Å². The van der Waals surface area contributed by atoms with Crippen molar-refractivity contribution in [3.05, 3.63) is 47.5 Å². The van der Waals surface area contributed by atoms with Crippen LogP contribution in [-0.4, -0.2) is 66.8 Å². The predicted octanol–water partition coefficient (Wildman–Crippen LogP) is 3.65. The molecule has 1 aromatic carbocycles. The molecule has 5 rings (SSSR count).